The molecule has 0 saturated heterocycles. The zero-order valence-corrected chi connectivity index (χ0v) is 17.3. The van der Waals surface area contributed by atoms with Gasteiger partial charge in [-0.3, -0.25) is 4.79 Å². The summed E-state index contributed by atoms with van der Waals surface area (Å²) < 4.78 is 1.60. The molecule has 1 saturated carbocycles. The van der Waals surface area contributed by atoms with Crippen molar-refractivity contribution < 1.29 is 0 Å². The molecule has 0 amide bonds. The van der Waals surface area contributed by atoms with E-state index in [1.54, 1.807) is 28.9 Å². The highest BCUT2D eigenvalue weighted by molar-refractivity contribution is 6.30. The maximum Gasteiger partial charge on any atom is 0.267 e. The van der Waals surface area contributed by atoms with Crippen LogP contribution in [-0.2, 0) is 5.41 Å². The van der Waals surface area contributed by atoms with Gasteiger partial charge in [0.15, 0.2) is 0 Å². The second-order valence-corrected chi connectivity index (χ2v) is 8.36. The summed E-state index contributed by atoms with van der Waals surface area (Å²) in [6.07, 6.45) is 3.38. The van der Waals surface area contributed by atoms with Crippen molar-refractivity contribution in [2.45, 2.75) is 37.1 Å². The van der Waals surface area contributed by atoms with Crippen molar-refractivity contribution in [3.63, 3.8) is 0 Å². The second kappa shape index (κ2) is 8.43. The average molecular weight is 419 g/mol. The number of rotatable bonds is 4. The molecule has 2 aromatic carbocycles. The van der Waals surface area contributed by atoms with Crippen molar-refractivity contribution in [1.29, 1.82) is 5.26 Å². The minimum atomic E-state index is -0.121. The molecule has 0 atom stereocenters. The summed E-state index contributed by atoms with van der Waals surface area (Å²) in [5.41, 5.74) is 9.23. The summed E-state index contributed by atoms with van der Waals surface area (Å²) in [5.74, 6) is 0. The Morgan fingerprint density at radius 2 is 1.90 bits per heavy atom. The fourth-order valence-electron chi connectivity index (χ4n) is 4.42. The third kappa shape index (κ3) is 3.89. The van der Waals surface area contributed by atoms with Crippen molar-refractivity contribution in [2.24, 2.45) is 5.73 Å². The molecule has 0 radical (unpaired) electrons. The van der Waals surface area contributed by atoms with Gasteiger partial charge in [0.05, 0.1) is 23.4 Å². The number of hydrogen-bond acceptors (Lipinski definition) is 4. The van der Waals surface area contributed by atoms with Gasteiger partial charge < -0.3 is 5.73 Å². The van der Waals surface area contributed by atoms with Crippen molar-refractivity contribution in [3.05, 3.63) is 87.2 Å². The maximum absolute atomic E-state index is 12.6. The number of aromatic nitrogens is 2. The highest BCUT2D eigenvalue weighted by Crippen LogP contribution is 2.42. The molecule has 0 bridgehead atoms. The van der Waals surface area contributed by atoms with E-state index in [0.29, 0.717) is 22.8 Å². The van der Waals surface area contributed by atoms with Crippen molar-refractivity contribution >= 4 is 11.6 Å². The first-order valence-electron chi connectivity index (χ1n) is 10.1. The summed E-state index contributed by atoms with van der Waals surface area (Å²) in [5, 5.41) is 14.5. The Labute approximate surface area is 180 Å². The molecule has 5 nitrogen and oxygen atoms in total. The molecule has 4 rings (SSSR count). The van der Waals surface area contributed by atoms with E-state index in [4.69, 9.17) is 22.6 Å². The summed E-state index contributed by atoms with van der Waals surface area (Å²) in [7, 11) is 0. The predicted octanol–water partition coefficient (Wildman–Crippen LogP) is 4.45. The number of benzene rings is 2. The Morgan fingerprint density at radius 3 is 2.60 bits per heavy atom. The first kappa shape index (κ1) is 20.3. The Kier molecular flexibility index (Phi) is 5.72. The van der Waals surface area contributed by atoms with Crippen LogP contribution < -0.4 is 11.3 Å². The highest BCUT2D eigenvalue weighted by Gasteiger charge is 2.37. The topological polar surface area (TPSA) is 84.7 Å². The molecule has 0 unspecified atom stereocenters. The molecule has 3 aromatic rings. The smallest absolute Gasteiger partial charge is 0.267 e. The molecule has 1 aliphatic rings. The standard InChI is InChI=1S/C24H23ClN4O/c25-20-6-2-5-19(14-20)24(16-27)11-9-21(10-12-24)29-23(30)8-7-22(28-29)18-4-1-3-17(13-18)15-26/h1-8,13-14,21H,9-12,16,27H2/t21-,24+. The van der Waals surface area contributed by atoms with Crippen LogP contribution in [0.15, 0.2) is 65.5 Å². The van der Waals surface area contributed by atoms with Crippen LogP contribution in [0.4, 0.5) is 0 Å². The number of nitriles is 1. The van der Waals surface area contributed by atoms with E-state index in [2.05, 4.69) is 17.2 Å². The average Bonchev–Trinajstić information content (AvgIpc) is 2.79. The van der Waals surface area contributed by atoms with Crippen LogP contribution in [0, 0.1) is 11.3 Å². The Morgan fingerprint density at radius 1 is 1.13 bits per heavy atom. The predicted molar refractivity (Wildman–Crippen MR) is 118 cm³/mol. The summed E-state index contributed by atoms with van der Waals surface area (Å²) in [6.45, 7) is 0.545. The number of nitrogens with two attached hydrogens (primary N) is 1. The monoisotopic (exact) mass is 418 g/mol. The minimum Gasteiger partial charge on any atom is -0.330 e. The first-order valence-corrected chi connectivity index (χ1v) is 10.5. The number of halogens is 1. The van der Waals surface area contributed by atoms with Gasteiger partial charge in [-0.05, 0) is 61.6 Å². The molecular weight excluding hydrogens is 396 g/mol. The van der Waals surface area contributed by atoms with Gasteiger partial charge in [0, 0.05) is 28.6 Å². The molecular formula is C24H23ClN4O. The molecule has 0 spiro atoms. The van der Waals surface area contributed by atoms with Gasteiger partial charge in [-0.15, -0.1) is 0 Å². The number of nitrogens with zero attached hydrogens (tertiary/aromatic N) is 3. The van der Waals surface area contributed by atoms with E-state index in [-0.39, 0.29) is 17.0 Å². The van der Waals surface area contributed by atoms with E-state index in [9.17, 15) is 4.79 Å². The fourth-order valence-corrected chi connectivity index (χ4v) is 4.61. The van der Waals surface area contributed by atoms with Gasteiger partial charge in [-0.25, -0.2) is 4.68 Å². The zero-order valence-electron chi connectivity index (χ0n) is 16.6. The Balaban J connectivity index is 1.60. The fraction of sp³-hybridized carbons (Fsp3) is 0.292. The van der Waals surface area contributed by atoms with Gasteiger partial charge in [0.1, 0.15) is 0 Å². The van der Waals surface area contributed by atoms with Crippen molar-refractivity contribution in [3.8, 4) is 17.3 Å². The quantitative estimate of drug-likeness (QED) is 0.678. The van der Waals surface area contributed by atoms with E-state index >= 15 is 0 Å². The van der Waals surface area contributed by atoms with Crippen LogP contribution in [0.25, 0.3) is 11.3 Å². The van der Waals surface area contributed by atoms with E-state index in [0.717, 1.165) is 31.2 Å². The first-order chi connectivity index (χ1) is 14.5. The van der Waals surface area contributed by atoms with Crippen LogP contribution in [0.3, 0.4) is 0 Å². The molecule has 1 aromatic heterocycles. The lowest BCUT2D eigenvalue weighted by Crippen LogP contribution is -2.41. The highest BCUT2D eigenvalue weighted by atomic mass is 35.5. The lowest BCUT2D eigenvalue weighted by molar-refractivity contribution is 0.222. The van der Waals surface area contributed by atoms with Crippen LogP contribution >= 0.6 is 11.6 Å². The third-order valence-corrected chi connectivity index (χ3v) is 6.43. The van der Waals surface area contributed by atoms with E-state index in [1.165, 1.54) is 5.56 Å². The van der Waals surface area contributed by atoms with Crippen LogP contribution in [-0.4, -0.2) is 16.3 Å². The van der Waals surface area contributed by atoms with Gasteiger partial charge in [-0.1, -0.05) is 35.9 Å². The minimum absolute atomic E-state index is 0.0236. The van der Waals surface area contributed by atoms with Gasteiger partial charge in [0.25, 0.3) is 5.56 Å². The summed E-state index contributed by atoms with van der Waals surface area (Å²) in [6, 6.07) is 20.6. The molecule has 1 heterocycles. The van der Waals surface area contributed by atoms with Crippen LogP contribution in [0.2, 0.25) is 5.02 Å². The Bertz CT molecular complexity index is 1160. The molecule has 1 fully saturated rings. The SMILES string of the molecule is N#Cc1cccc(-c2ccc(=O)n([C@H]3CC[C@@](CN)(c4cccc(Cl)c4)CC3)n2)c1. The molecule has 152 valence electrons. The maximum atomic E-state index is 12.6. The van der Waals surface area contributed by atoms with E-state index in [1.807, 2.05) is 30.3 Å². The van der Waals surface area contributed by atoms with Gasteiger partial charge in [-0.2, -0.15) is 10.4 Å². The van der Waals surface area contributed by atoms with Crippen LogP contribution in [0.5, 0.6) is 0 Å². The lowest BCUT2D eigenvalue weighted by Gasteiger charge is -2.40. The number of hydrogen-bond donors (Lipinski definition) is 1. The largest absolute Gasteiger partial charge is 0.330 e. The molecule has 2 N–H and O–H groups in total. The Hall–Kier alpha value is -2.94. The molecule has 6 heteroatoms. The molecule has 1 aliphatic carbocycles. The zero-order chi connectivity index (χ0) is 21.1. The third-order valence-electron chi connectivity index (χ3n) is 6.20. The molecule has 0 aliphatic heterocycles. The summed E-state index contributed by atoms with van der Waals surface area (Å²) >= 11 is 6.21. The van der Waals surface area contributed by atoms with Crippen molar-refractivity contribution in [1.82, 2.24) is 9.78 Å². The molecule has 30 heavy (non-hydrogen) atoms. The second-order valence-electron chi connectivity index (χ2n) is 7.92. The van der Waals surface area contributed by atoms with Gasteiger partial charge in [0.2, 0.25) is 0 Å². The van der Waals surface area contributed by atoms with Crippen molar-refractivity contribution in [2.75, 3.05) is 6.54 Å². The summed E-state index contributed by atoms with van der Waals surface area (Å²) in [4.78, 5) is 12.6. The van der Waals surface area contributed by atoms with Crippen LogP contribution in [0.1, 0.15) is 42.9 Å². The normalized spacial score (nSPS) is 21.2. The van der Waals surface area contributed by atoms with Gasteiger partial charge >= 0.3 is 0 Å². The lowest BCUT2D eigenvalue weighted by atomic mass is 9.68. The van der Waals surface area contributed by atoms with E-state index < -0.39 is 0 Å².